The summed E-state index contributed by atoms with van der Waals surface area (Å²) in [7, 11) is 0. The largest absolute Gasteiger partial charge is 0.295 e. The number of halogens is 1. The van der Waals surface area contributed by atoms with Crippen LogP contribution in [0.4, 0.5) is 0 Å². The number of benzene rings is 1. The molecule has 0 bridgehead atoms. The average Bonchev–Trinajstić information content (AvgIpc) is 2.98. The Morgan fingerprint density at radius 2 is 2.05 bits per heavy atom. The highest BCUT2D eigenvalue weighted by Gasteiger charge is 2.29. The van der Waals surface area contributed by atoms with Crippen LogP contribution in [0.1, 0.15) is 11.6 Å². The van der Waals surface area contributed by atoms with E-state index in [1.165, 1.54) is 0 Å². The number of hydrogen-bond acceptors (Lipinski definition) is 3. The zero-order valence-corrected chi connectivity index (χ0v) is 12.2. The molecule has 0 amide bonds. The van der Waals surface area contributed by atoms with Crippen LogP contribution in [0.3, 0.4) is 0 Å². The highest BCUT2D eigenvalue weighted by molar-refractivity contribution is 6.32. The number of fused-ring (bicyclic) bond motifs is 1. The van der Waals surface area contributed by atoms with Crippen LogP contribution in [-0.4, -0.2) is 32.8 Å². The minimum atomic E-state index is 0.474. The maximum absolute atomic E-state index is 6.38. The molecule has 21 heavy (non-hydrogen) atoms. The summed E-state index contributed by atoms with van der Waals surface area (Å²) in [5, 5.41) is 6.23. The summed E-state index contributed by atoms with van der Waals surface area (Å²) in [4.78, 5) is 6.87. The molecular weight excluding hydrogens is 284 g/mol. The molecule has 1 fully saturated rings. The van der Waals surface area contributed by atoms with Crippen molar-refractivity contribution < 1.29 is 0 Å². The number of hydrogen-bond donors (Lipinski definition) is 0. The molecule has 1 saturated heterocycles. The third-order valence-electron chi connectivity index (χ3n) is 4.04. The molecule has 2 aromatic heterocycles. The molecule has 1 aliphatic heterocycles. The van der Waals surface area contributed by atoms with Crippen molar-refractivity contribution in [2.75, 3.05) is 13.1 Å². The zero-order valence-electron chi connectivity index (χ0n) is 11.5. The Morgan fingerprint density at radius 3 is 2.86 bits per heavy atom. The van der Waals surface area contributed by atoms with E-state index < -0.39 is 0 Å². The van der Waals surface area contributed by atoms with E-state index in [-0.39, 0.29) is 0 Å². The van der Waals surface area contributed by atoms with Gasteiger partial charge < -0.3 is 0 Å². The van der Waals surface area contributed by atoms with Crippen LogP contribution in [0.15, 0.2) is 48.9 Å². The monoisotopic (exact) mass is 298 g/mol. The predicted molar refractivity (Wildman–Crippen MR) is 83.3 cm³/mol. The fraction of sp³-hybridized carbons (Fsp3) is 0.250. The molecule has 4 nitrogen and oxygen atoms in total. The van der Waals surface area contributed by atoms with Crippen molar-refractivity contribution in [3.05, 3.63) is 59.5 Å². The summed E-state index contributed by atoms with van der Waals surface area (Å²) in [6.45, 7) is 2.84. The lowest BCUT2D eigenvalue weighted by Crippen LogP contribution is -2.47. The molecule has 0 atom stereocenters. The Hall–Kier alpha value is -1.91. The highest BCUT2D eigenvalue weighted by Crippen LogP contribution is 2.29. The van der Waals surface area contributed by atoms with Crippen molar-refractivity contribution in [3.63, 3.8) is 0 Å². The average molecular weight is 299 g/mol. The molecular formula is C16H15ClN4. The molecule has 3 aromatic rings. The van der Waals surface area contributed by atoms with E-state index in [0.717, 1.165) is 41.1 Å². The molecule has 0 unspecified atom stereocenters. The van der Waals surface area contributed by atoms with E-state index in [9.17, 15) is 0 Å². The van der Waals surface area contributed by atoms with Gasteiger partial charge in [0.2, 0.25) is 0 Å². The highest BCUT2D eigenvalue weighted by atomic mass is 35.5. The fourth-order valence-electron chi connectivity index (χ4n) is 2.89. The van der Waals surface area contributed by atoms with Crippen LogP contribution in [0, 0.1) is 0 Å². The third-order valence-corrected chi connectivity index (χ3v) is 4.39. The lowest BCUT2D eigenvalue weighted by molar-refractivity contribution is 0.0913. The van der Waals surface area contributed by atoms with Gasteiger partial charge in [-0.3, -0.25) is 14.6 Å². The van der Waals surface area contributed by atoms with Gasteiger partial charge in [0.15, 0.2) is 0 Å². The number of nitrogens with zero attached hydrogens (tertiary/aromatic N) is 4. The topological polar surface area (TPSA) is 34.0 Å². The van der Waals surface area contributed by atoms with Crippen LogP contribution in [-0.2, 0) is 6.54 Å². The van der Waals surface area contributed by atoms with Crippen molar-refractivity contribution in [3.8, 4) is 0 Å². The smallest absolute Gasteiger partial charge is 0.0773 e. The first-order chi connectivity index (χ1) is 10.3. The van der Waals surface area contributed by atoms with Gasteiger partial charge in [0.1, 0.15) is 0 Å². The minimum absolute atomic E-state index is 0.474. The first-order valence-corrected chi connectivity index (χ1v) is 7.42. The molecule has 0 saturated carbocycles. The molecule has 0 spiro atoms. The zero-order chi connectivity index (χ0) is 14.2. The Balaban J connectivity index is 1.55. The van der Waals surface area contributed by atoms with Gasteiger partial charge in [0.25, 0.3) is 0 Å². The first kappa shape index (κ1) is 12.8. The summed E-state index contributed by atoms with van der Waals surface area (Å²) >= 11 is 6.38. The molecule has 0 N–H and O–H groups in total. The predicted octanol–water partition coefficient (Wildman–Crippen LogP) is 3.14. The van der Waals surface area contributed by atoms with Crippen LogP contribution in [0.5, 0.6) is 0 Å². The molecule has 0 radical (unpaired) electrons. The molecule has 5 heteroatoms. The van der Waals surface area contributed by atoms with E-state index in [1.54, 1.807) is 0 Å². The van der Waals surface area contributed by atoms with Crippen molar-refractivity contribution in [2.24, 2.45) is 0 Å². The van der Waals surface area contributed by atoms with Crippen LogP contribution in [0.2, 0.25) is 5.02 Å². The van der Waals surface area contributed by atoms with Crippen LogP contribution >= 0.6 is 11.6 Å². The summed E-state index contributed by atoms with van der Waals surface area (Å²) in [6.07, 6.45) is 5.67. The normalized spacial score (nSPS) is 16.2. The minimum Gasteiger partial charge on any atom is -0.295 e. The van der Waals surface area contributed by atoms with Crippen molar-refractivity contribution in [1.82, 2.24) is 19.7 Å². The van der Waals surface area contributed by atoms with E-state index in [1.807, 2.05) is 47.5 Å². The lowest BCUT2D eigenvalue weighted by Gasteiger charge is -2.39. The Morgan fingerprint density at radius 1 is 1.14 bits per heavy atom. The van der Waals surface area contributed by atoms with E-state index in [2.05, 4.69) is 21.0 Å². The lowest BCUT2D eigenvalue weighted by atomic mass is 10.0. The molecule has 1 aromatic carbocycles. The first-order valence-electron chi connectivity index (χ1n) is 7.05. The molecule has 106 valence electrons. The quantitative estimate of drug-likeness (QED) is 0.745. The molecule has 1 aliphatic rings. The molecule has 3 heterocycles. The Kier molecular flexibility index (Phi) is 3.13. The second kappa shape index (κ2) is 5.13. The number of rotatable bonds is 3. The van der Waals surface area contributed by atoms with E-state index in [0.29, 0.717) is 6.04 Å². The van der Waals surface area contributed by atoms with Gasteiger partial charge in [-0.2, -0.15) is 5.10 Å². The van der Waals surface area contributed by atoms with Gasteiger partial charge in [-0.1, -0.05) is 23.7 Å². The second-order valence-electron chi connectivity index (χ2n) is 5.44. The fourth-order valence-corrected chi connectivity index (χ4v) is 3.10. The Labute approximate surface area is 128 Å². The van der Waals surface area contributed by atoms with E-state index >= 15 is 0 Å². The van der Waals surface area contributed by atoms with Crippen LogP contribution < -0.4 is 0 Å². The van der Waals surface area contributed by atoms with Gasteiger partial charge in [0, 0.05) is 54.2 Å². The maximum atomic E-state index is 6.38. The summed E-state index contributed by atoms with van der Waals surface area (Å²) in [5.74, 6) is 0. The summed E-state index contributed by atoms with van der Waals surface area (Å²) < 4.78 is 2.03. The molecule has 4 rings (SSSR count). The third kappa shape index (κ3) is 2.30. The number of pyridine rings is 1. The summed E-state index contributed by atoms with van der Waals surface area (Å²) in [6, 6.07) is 10.5. The van der Waals surface area contributed by atoms with Gasteiger partial charge >= 0.3 is 0 Å². The Bertz CT molecular complexity index is 763. The maximum Gasteiger partial charge on any atom is 0.0773 e. The SMILES string of the molecule is Clc1ccc2cccnc2c1CN1CC(n2cccn2)C1. The van der Waals surface area contributed by atoms with Gasteiger partial charge in [-0.15, -0.1) is 0 Å². The van der Waals surface area contributed by atoms with Crippen molar-refractivity contribution >= 4 is 22.5 Å². The number of aromatic nitrogens is 3. The summed E-state index contributed by atoms with van der Waals surface area (Å²) in [5.41, 5.74) is 2.13. The molecule has 0 aliphatic carbocycles. The van der Waals surface area contributed by atoms with Gasteiger partial charge in [0.05, 0.1) is 11.6 Å². The second-order valence-corrected chi connectivity index (χ2v) is 5.84. The van der Waals surface area contributed by atoms with E-state index in [4.69, 9.17) is 11.6 Å². The van der Waals surface area contributed by atoms with Gasteiger partial charge in [-0.05, 0) is 18.2 Å². The van der Waals surface area contributed by atoms with Crippen molar-refractivity contribution in [1.29, 1.82) is 0 Å². The standard InChI is InChI=1S/C16H15ClN4/c17-15-5-4-12-3-1-6-18-16(12)14(15)11-20-9-13(10-20)21-8-2-7-19-21/h1-8,13H,9-11H2. The van der Waals surface area contributed by atoms with Gasteiger partial charge in [-0.25, -0.2) is 0 Å². The number of likely N-dealkylation sites (tertiary alicyclic amines) is 1. The van der Waals surface area contributed by atoms with Crippen LogP contribution in [0.25, 0.3) is 10.9 Å². The van der Waals surface area contributed by atoms with Crippen molar-refractivity contribution in [2.45, 2.75) is 12.6 Å².